The number of anilines is 3. The van der Waals surface area contributed by atoms with Gasteiger partial charge in [-0.1, -0.05) is 23.7 Å². The molecule has 2 aliphatic heterocycles. The molecule has 10 heteroatoms. The molecule has 1 amide bonds. The molecular weight excluding hydrogens is 456 g/mol. The molecule has 1 saturated heterocycles. The maximum atomic E-state index is 13.2. The van der Waals surface area contributed by atoms with Crippen molar-refractivity contribution in [1.82, 2.24) is 4.98 Å². The van der Waals surface area contributed by atoms with E-state index < -0.39 is 10.0 Å². The molecule has 0 bridgehead atoms. The number of aromatic nitrogens is 1. The van der Waals surface area contributed by atoms with E-state index in [9.17, 15) is 13.2 Å². The average Bonchev–Trinajstić information content (AvgIpc) is 3.48. The first kappa shape index (κ1) is 20.3. The number of nitrogens with one attached hydrogen (secondary N) is 1. The highest BCUT2D eigenvalue weighted by atomic mass is 35.5. The number of carbonyl (C=O) groups excluding carboxylic acids is 1. The van der Waals surface area contributed by atoms with Gasteiger partial charge in [-0.05, 0) is 48.7 Å². The molecular formula is C21H21ClN4O3S2. The summed E-state index contributed by atoms with van der Waals surface area (Å²) in [5, 5.41) is 2.68. The second-order valence-electron chi connectivity index (χ2n) is 7.42. The first-order valence-corrected chi connectivity index (χ1v) is 12.6. The molecule has 2 aliphatic rings. The monoisotopic (exact) mass is 476 g/mol. The van der Waals surface area contributed by atoms with Gasteiger partial charge in [0.1, 0.15) is 6.04 Å². The standard InChI is InChI=1S/C21H19ClN4O3S2.H2/c22-17-3-1-2-14-8-11-26(19(14)17)18-9-12-25(20(18)27)15-4-6-16(7-5-15)31(28,29)24-21-23-10-13-30-21;/h1-7,10,13,18H,8-9,11-12H2,(H,23,24);1H/t18-;/m0./s1. The summed E-state index contributed by atoms with van der Waals surface area (Å²) in [6.45, 7) is 1.34. The van der Waals surface area contributed by atoms with E-state index >= 15 is 0 Å². The fourth-order valence-corrected chi connectivity index (χ4v) is 6.30. The van der Waals surface area contributed by atoms with Crippen LogP contribution in [0.15, 0.2) is 58.9 Å². The van der Waals surface area contributed by atoms with E-state index in [1.54, 1.807) is 22.4 Å². The Kier molecular flexibility index (Phi) is 5.11. The molecule has 3 heterocycles. The van der Waals surface area contributed by atoms with Crippen LogP contribution >= 0.6 is 22.9 Å². The van der Waals surface area contributed by atoms with Gasteiger partial charge in [0.05, 0.1) is 15.6 Å². The van der Waals surface area contributed by atoms with Crippen LogP contribution in [0.3, 0.4) is 0 Å². The molecule has 1 fully saturated rings. The van der Waals surface area contributed by atoms with Gasteiger partial charge in [0.2, 0.25) is 5.91 Å². The van der Waals surface area contributed by atoms with Crippen molar-refractivity contribution in [3.05, 3.63) is 64.6 Å². The number of thiazole rings is 1. The fraction of sp³-hybridized carbons (Fsp3) is 0.238. The third-order valence-electron chi connectivity index (χ3n) is 5.65. The third-order valence-corrected chi connectivity index (χ3v) is 8.12. The number of sulfonamides is 1. The van der Waals surface area contributed by atoms with Gasteiger partial charge in [-0.25, -0.2) is 13.4 Å². The molecule has 5 rings (SSSR count). The molecule has 162 valence electrons. The minimum atomic E-state index is -3.73. The van der Waals surface area contributed by atoms with Gasteiger partial charge in [0.15, 0.2) is 5.13 Å². The molecule has 7 nitrogen and oxygen atoms in total. The lowest BCUT2D eigenvalue weighted by atomic mass is 10.1. The van der Waals surface area contributed by atoms with E-state index in [1.807, 2.05) is 12.1 Å². The molecule has 1 atom stereocenters. The van der Waals surface area contributed by atoms with E-state index in [2.05, 4.69) is 20.7 Å². The number of halogens is 1. The van der Waals surface area contributed by atoms with Crippen LogP contribution in [0.5, 0.6) is 0 Å². The normalized spacial score (nSPS) is 18.5. The van der Waals surface area contributed by atoms with Crippen molar-refractivity contribution in [3.8, 4) is 0 Å². The van der Waals surface area contributed by atoms with Gasteiger partial charge >= 0.3 is 0 Å². The van der Waals surface area contributed by atoms with E-state index in [0.717, 1.165) is 18.7 Å². The Morgan fingerprint density at radius 3 is 2.71 bits per heavy atom. The number of benzene rings is 2. The lowest BCUT2D eigenvalue weighted by Crippen LogP contribution is -2.41. The lowest BCUT2D eigenvalue weighted by Gasteiger charge is -2.27. The third kappa shape index (κ3) is 3.66. The number of para-hydroxylation sites is 1. The van der Waals surface area contributed by atoms with Crippen molar-refractivity contribution in [3.63, 3.8) is 0 Å². The Morgan fingerprint density at radius 1 is 1.16 bits per heavy atom. The minimum Gasteiger partial charge on any atom is -0.358 e. The number of nitrogens with zero attached hydrogens (tertiary/aromatic N) is 3. The summed E-state index contributed by atoms with van der Waals surface area (Å²) < 4.78 is 27.5. The number of hydrogen-bond acceptors (Lipinski definition) is 6. The molecule has 31 heavy (non-hydrogen) atoms. The Labute approximate surface area is 190 Å². The smallest absolute Gasteiger partial charge is 0.263 e. The molecule has 0 spiro atoms. The van der Waals surface area contributed by atoms with Gasteiger partial charge in [0.25, 0.3) is 10.0 Å². The number of carbonyl (C=O) groups is 1. The number of rotatable bonds is 5. The predicted molar refractivity (Wildman–Crippen MR) is 125 cm³/mol. The van der Waals surface area contributed by atoms with Gasteiger partial charge in [-0.3, -0.25) is 9.52 Å². The number of hydrogen-bond donors (Lipinski definition) is 1. The summed E-state index contributed by atoms with van der Waals surface area (Å²) in [4.78, 5) is 21.1. The molecule has 1 aromatic heterocycles. The van der Waals surface area contributed by atoms with E-state index in [0.29, 0.717) is 28.8 Å². The number of amides is 1. The molecule has 2 aromatic carbocycles. The largest absolute Gasteiger partial charge is 0.358 e. The van der Waals surface area contributed by atoms with Crippen molar-refractivity contribution in [2.24, 2.45) is 0 Å². The van der Waals surface area contributed by atoms with Crippen LogP contribution in [0, 0.1) is 0 Å². The average molecular weight is 477 g/mol. The Hall–Kier alpha value is -2.62. The van der Waals surface area contributed by atoms with E-state index in [-0.39, 0.29) is 18.3 Å². The van der Waals surface area contributed by atoms with Crippen LogP contribution in [-0.2, 0) is 21.2 Å². The van der Waals surface area contributed by atoms with Gasteiger partial charge in [-0.2, -0.15) is 0 Å². The fourth-order valence-electron chi connectivity index (χ4n) is 4.21. The quantitative estimate of drug-likeness (QED) is 0.601. The molecule has 0 aliphatic carbocycles. The van der Waals surface area contributed by atoms with Gasteiger partial charge in [0, 0.05) is 31.8 Å². The molecule has 0 saturated carbocycles. The van der Waals surface area contributed by atoms with Crippen molar-refractivity contribution < 1.29 is 14.6 Å². The van der Waals surface area contributed by atoms with Crippen molar-refractivity contribution >= 4 is 55.4 Å². The second-order valence-corrected chi connectivity index (χ2v) is 10.4. The molecule has 1 N–H and O–H groups in total. The summed E-state index contributed by atoms with van der Waals surface area (Å²) in [5.74, 6) is 0.00397. The highest BCUT2D eigenvalue weighted by molar-refractivity contribution is 7.93. The second kappa shape index (κ2) is 7.81. The Bertz CT molecular complexity index is 1240. The van der Waals surface area contributed by atoms with Gasteiger partial charge in [-0.15, -0.1) is 11.3 Å². The van der Waals surface area contributed by atoms with Crippen molar-refractivity contribution in [1.29, 1.82) is 0 Å². The summed E-state index contributed by atoms with van der Waals surface area (Å²) in [6, 6.07) is 11.9. The first-order valence-electron chi connectivity index (χ1n) is 9.82. The maximum Gasteiger partial charge on any atom is 0.263 e. The summed E-state index contributed by atoms with van der Waals surface area (Å²) in [6.07, 6.45) is 3.10. The molecule has 3 aromatic rings. The van der Waals surface area contributed by atoms with Crippen molar-refractivity contribution in [2.45, 2.75) is 23.8 Å². The zero-order valence-corrected chi connectivity index (χ0v) is 18.8. The zero-order chi connectivity index (χ0) is 21.6. The van der Waals surface area contributed by atoms with Crippen LogP contribution in [0.4, 0.5) is 16.5 Å². The first-order chi connectivity index (χ1) is 14.9. The zero-order valence-electron chi connectivity index (χ0n) is 16.4. The van der Waals surface area contributed by atoms with E-state index in [4.69, 9.17) is 11.6 Å². The Morgan fingerprint density at radius 2 is 1.97 bits per heavy atom. The Balaban J connectivity index is 0.00000245. The molecule has 0 unspecified atom stereocenters. The summed E-state index contributed by atoms with van der Waals surface area (Å²) in [7, 11) is -3.73. The highest BCUT2D eigenvalue weighted by Crippen LogP contribution is 2.39. The highest BCUT2D eigenvalue weighted by Gasteiger charge is 2.39. The topological polar surface area (TPSA) is 82.6 Å². The predicted octanol–water partition coefficient (Wildman–Crippen LogP) is 4.01. The maximum absolute atomic E-state index is 13.2. The van der Waals surface area contributed by atoms with Crippen LogP contribution in [-0.4, -0.2) is 38.4 Å². The summed E-state index contributed by atoms with van der Waals surface area (Å²) in [5.41, 5.74) is 2.80. The minimum absolute atomic E-state index is 0. The van der Waals surface area contributed by atoms with Crippen LogP contribution < -0.4 is 14.5 Å². The van der Waals surface area contributed by atoms with E-state index in [1.165, 1.54) is 35.2 Å². The van der Waals surface area contributed by atoms with Gasteiger partial charge < -0.3 is 9.80 Å². The summed E-state index contributed by atoms with van der Waals surface area (Å²) >= 11 is 7.63. The SMILES string of the molecule is O=C1[C@@H](N2CCc3cccc(Cl)c32)CCN1c1ccc(S(=O)(=O)Nc2nccs2)cc1.[HH]. The van der Waals surface area contributed by atoms with Crippen LogP contribution in [0.1, 0.15) is 13.4 Å². The van der Waals surface area contributed by atoms with Crippen molar-refractivity contribution in [2.75, 3.05) is 27.6 Å². The van der Waals surface area contributed by atoms with Crippen LogP contribution in [0.2, 0.25) is 5.02 Å². The van der Waals surface area contributed by atoms with Crippen LogP contribution in [0.25, 0.3) is 0 Å². The number of fused-ring (bicyclic) bond motifs is 1. The molecule has 0 radical (unpaired) electrons. The lowest BCUT2D eigenvalue weighted by molar-refractivity contribution is -0.118.